The Morgan fingerprint density at radius 3 is 1.92 bits per heavy atom. The van der Waals surface area contributed by atoms with E-state index in [1.54, 1.807) is 12.4 Å². The first-order valence-electron chi connectivity index (χ1n) is 8.67. The predicted molar refractivity (Wildman–Crippen MR) is 102 cm³/mol. The molecular formula is C21H22N4O. The molecule has 0 aliphatic rings. The highest BCUT2D eigenvalue weighted by atomic mass is 16.1. The lowest BCUT2D eigenvalue weighted by atomic mass is 10.2. The SMILES string of the molecule is O=C(CCN(Cc1ccccn1)Cc1ccccn1)Nc1ccccc1. The van der Waals surface area contributed by atoms with Gasteiger partial charge >= 0.3 is 0 Å². The van der Waals surface area contributed by atoms with Gasteiger partial charge < -0.3 is 5.32 Å². The summed E-state index contributed by atoms with van der Waals surface area (Å²) < 4.78 is 0. The minimum atomic E-state index is 0.00300. The fraction of sp³-hybridized carbons (Fsp3) is 0.190. The minimum absolute atomic E-state index is 0.00300. The Labute approximate surface area is 153 Å². The van der Waals surface area contributed by atoms with Crippen molar-refractivity contribution in [3.8, 4) is 0 Å². The molecule has 0 atom stereocenters. The second kappa shape index (κ2) is 9.44. The number of hydrogen-bond acceptors (Lipinski definition) is 4. The van der Waals surface area contributed by atoms with E-state index in [1.165, 1.54) is 0 Å². The molecule has 0 fully saturated rings. The first-order valence-corrected chi connectivity index (χ1v) is 8.67. The molecule has 2 heterocycles. The van der Waals surface area contributed by atoms with E-state index in [4.69, 9.17) is 0 Å². The van der Waals surface area contributed by atoms with Crippen molar-refractivity contribution in [2.45, 2.75) is 19.5 Å². The van der Waals surface area contributed by atoms with Gasteiger partial charge in [0.05, 0.1) is 11.4 Å². The highest BCUT2D eigenvalue weighted by Gasteiger charge is 2.11. The van der Waals surface area contributed by atoms with E-state index >= 15 is 0 Å². The maximum atomic E-state index is 12.3. The number of nitrogens with zero attached hydrogens (tertiary/aromatic N) is 3. The molecule has 0 saturated heterocycles. The second-order valence-electron chi connectivity index (χ2n) is 6.02. The van der Waals surface area contributed by atoms with Gasteiger partial charge in [0.15, 0.2) is 0 Å². The van der Waals surface area contributed by atoms with E-state index < -0.39 is 0 Å². The van der Waals surface area contributed by atoms with Crippen LogP contribution in [-0.4, -0.2) is 27.3 Å². The number of amides is 1. The standard InChI is InChI=1S/C21H22N4O/c26-21(24-18-8-2-1-3-9-18)12-15-25(16-19-10-4-6-13-22-19)17-20-11-5-7-14-23-20/h1-11,13-14H,12,15-17H2,(H,24,26). The number of carbonyl (C=O) groups excluding carboxylic acids is 1. The molecule has 2 aromatic heterocycles. The smallest absolute Gasteiger partial charge is 0.225 e. The third-order valence-electron chi connectivity index (χ3n) is 3.94. The lowest BCUT2D eigenvalue weighted by Crippen LogP contribution is -2.28. The van der Waals surface area contributed by atoms with Gasteiger partial charge in [-0.15, -0.1) is 0 Å². The van der Waals surface area contributed by atoms with Crippen LogP contribution in [0.15, 0.2) is 79.1 Å². The van der Waals surface area contributed by atoms with Gasteiger partial charge in [0, 0.05) is 44.1 Å². The van der Waals surface area contributed by atoms with Crippen molar-refractivity contribution in [2.75, 3.05) is 11.9 Å². The Morgan fingerprint density at radius 2 is 1.38 bits per heavy atom. The molecular weight excluding hydrogens is 324 g/mol. The summed E-state index contributed by atoms with van der Waals surface area (Å²) in [7, 11) is 0. The maximum absolute atomic E-state index is 12.3. The van der Waals surface area contributed by atoms with E-state index in [-0.39, 0.29) is 5.91 Å². The van der Waals surface area contributed by atoms with Gasteiger partial charge in [-0.2, -0.15) is 0 Å². The van der Waals surface area contributed by atoms with Gasteiger partial charge in [-0.05, 0) is 36.4 Å². The molecule has 5 heteroatoms. The quantitative estimate of drug-likeness (QED) is 0.678. The summed E-state index contributed by atoms with van der Waals surface area (Å²) in [5.74, 6) is 0.00300. The molecule has 5 nitrogen and oxygen atoms in total. The third-order valence-corrected chi connectivity index (χ3v) is 3.94. The number of pyridine rings is 2. The average molecular weight is 346 g/mol. The summed E-state index contributed by atoms with van der Waals surface area (Å²) in [5, 5.41) is 2.93. The molecule has 26 heavy (non-hydrogen) atoms. The summed E-state index contributed by atoms with van der Waals surface area (Å²) in [5.41, 5.74) is 2.78. The molecule has 3 aromatic rings. The molecule has 3 rings (SSSR count). The largest absolute Gasteiger partial charge is 0.326 e. The highest BCUT2D eigenvalue weighted by Crippen LogP contribution is 2.09. The number of aromatic nitrogens is 2. The first-order chi connectivity index (χ1) is 12.8. The summed E-state index contributed by atoms with van der Waals surface area (Å²) in [6, 6.07) is 21.3. The van der Waals surface area contributed by atoms with Crippen molar-refractivity contribution in [3.63, 3.8) is 0 Å². The Hall–Kier alpha value is -3.05. The fourth-order valence-corrected chi connectivity index (χ4v) is 2.66. The molecule has 132 valence electrons. The van der Waals surface area contributed by atoms with Crippen LogP contribution in [0.3, 0.4) is 0 Å². The van der Waals surface area contributed by atoms with E-state index in [0.717, 1.165) is 17.1 Å². The molecule has 0 aliphatic carbocycles. The highest BCUT2D eigenvalue weighted by molar-refractivity contribution is 5.90. The van der Waals surface area contributed by atoms with Crippen molar-refractivity contribution in [1.82, 2.24) is 14.9 Å². The molecule has 1 N–H and O–H groups in total. The van der Waals surface area contributed by atoms with Crippen LogP contribution in [0.5, 0.6) is 0 Å². The lowest BCUT2D eigenvalue weighted by molar-refractivity contribution is -0.116. The van der Waals surface area contributed by atoms with Crippen LogP contribution in [0.4, 0.5) is 5.69 Å². The number of nitrogens with one attached hydrogen (secondary N) is 1. The van der Waals surface area contributed by atoms with Gasteiger partial charge in [0.25, 0.3) is 0 Å². The molecule has 0 spiro atoms. The van der Waals surface area contributed by atoms with Crippen molar-refractivity contribution >= 4 is 11.6 Å². The van der Waals surface area contributed by atoms with Crippen LogP contribution in [0.1, 0.15) is 17.8 Å². The van der Waals surface area contributed by atoms with Crippen molar-refractivity contribution in [3.05, 3.63) is 90.5 Å². The minimum Gasteiger partial charge on any atom is -0.326 e. The van der Waals surface area contributed by atoms with Crippen LogP contribution in [-0.2, 0) is 17.9 Å². The molecule has 1 aromatic carbocycles. The van der Waals surface area contributed by atoms with Crippen LogP contribution in [0.25, 0.3) is 0 Å². The fourth-order valence-electron chi connectivity index (χ4n) is 2.66. The zero-order valence-corrected chi connectivity index (χ0v) is 14.6. The average Bonchev–Trinajstić information content (AvgIpc) is 2.68. The lowest BCUT2D eigenvalue weighted by Gasteiger charge is -2.21. The zero-order chi connectivity index (χ0) is 18.0. The van der Waals surface area contributed by atoms with Crippen molar-refractivity contribution in [1.29, 1.82) is 0 Å². The number of rotatable bonds is 8. The molecule has 1 amide bonds. The van der Waals surface area contributed by atoms with Crippen LogP contribution >= 0.6 is 0 Å². The summed E-state index contributed by atoms with van der Waals surface area (Å²) in [6.07, 6.45) is 3.99. The predicted octanol–water partition coefficient (Wildman–Crippen LogP) is 3.51. The topological polar surface area (TPSA) is 58.1 Å². The van der Waals surface area contributed by atoms with E-state index in [1.807, 2.05) is 66.7 Å². The van der Waals surface area contributed by atoms with Gasteiger partial charge in [0.1, 0.15) is 0 Å². The Morgan fingerprint density at radius 1 is 0.808 bits per heavy atom. The first kappa shape index (κ1) is 17.8. The number of benzene rings is 1. The number of carbonyl (C=O) groups is 1. The normalized spacial score (nSPS) is 10.7. The Kier molecular flexibility index (Phi) is 6.45. The van der Waals surface area contributed by atoms with Crippen LogP contribution in [0.2, 0.25) is 0 Å². The van der Waals surface area contributed by atoms with E-state index in [0.29, 0.717) is 26.1 Å². The molecule has 0 bridgehead atoms. The second-order valence-corrected chi connectivity index (χ2v) is 6.02. The van der Waals surface area contributed by atoms with E-state index in [2.05, 4.69) is 20.2 Å². The van der Waals surface area contributed by atoms with Crippen molar-refractivity contribution in [2.24, 2.45) is 0 Å². The molecule has 0 unspecified atom stereocenters. The third kappa shape index (κ3) is 5.79. The van der Waals surface area contributed by atoms with Gasteiger partial charge in [-0.25, -0.2) is 0 Å². The molecule has 0 aliphatic heterocycles. The van der Waals surface area contributed by atoms with Crippen molar-refractivity contribution < 1.29 is 4.79 Å². The van der Waals surface area contributed by atoms with E-state index in [9.17, 15) is 4.79 Å². The number of para-hydroxylation sites is 1. The zero-order valence-electron chi connectivity index (χ0n) is 14.6. The van der Waals surface area contributed by atoms with Crippen LogP contribution in [0, 0.1) is 0 Å². The van der Waals surface area contributed by atoms with Gasteiger partial charge in [-0.1, -0.05) is 30.3 Å². The summed E-state index contributed by atoms with van der Waals surface area (Å²) in [4.78, 5) is 23.2. The van der Waals surface area contributed by atoms with Gasteiger partial charge in [-0.3, -0.25) is 19.7 Å². The van der Waals surface area contributed by atoms with Gasteiger partial charge in [0.2, 0.25) is 5.91 Å². The number of anilines is 1. The Bertz CT molecular complexity index is 753. The summed E-state index contributed by atoms with van der Waals surface area (Å²) in [6.45, 7) is 1.98. The summed E-state index contributed by atoms with van der Waals surface area (Å²) >= 11 is 0. The monoisotopic (exact) mass is 346 g/mol. The molecule has 0 saturated carbocycles. The Balaban J connectivity index is 1.60. The van der Waals surface area contributed by atoms with Crippen LogP contribution < -0.4 is 5.32 Å². The molecule has 0 radical (unpaired) electrons. The maximum Gasteiger partial charge on any atom is 0.225 e. The number of hydrogen-bond donors (Lipinski definition) is 1.